The van der Waals surface area contributed by atoms with Crippen molar-refractivity contribution in [2.45, 2.75) is 50.6 Å². The van der Waals surface area contributed by atoms with Crippen LogP contribution in [0.25, 0.3) is 0 Å². The lowest BCUT2D eigenvalue weighted by Crippen LogP contribution is -2.53. The van der Waals surface area contributed by atoms with E-state index in [0.717, 1.165) is 0 Å². The van der Waals surface area contributed by atoms with Crippen molar-refractivity contribution in [3.63, 3.8) is 0 Å². The van der Waals surface area contributed by atoms with Crippen LogP contribution in [0.3, 0.4) is 0 Å². The molecule has 1 saturated heterocycles. The van der Waals surface area contributed by atoms with Crippen molar-refractivity contribution in [3.05, 3.63) is 0 Å². The van der Waals surface area contributed by atoms with E-state index in [-0.39, 0.29) is 12.5 Å². The van der Waals surface area contributed by atoms with Crippen molar-refractivity contribution < 1.29 is 18.3 Å². The minimum absolute atomic E-state index is 0.213. The summed E-state index contributed by atoms with van der Waals surface area (Å²) in [5.41, 5.74) is 0. The predicted octanol–water partition coefficient (Wildman–Crippen LogP) is 1.44. The summed E-state index contributed by atoms with van der Waals surface area (Å²) in [7, 11) is 0. The topological polar surface area (TPSA) is 32.3 Å². The smallest absolute Gasteiger partial charge is 0.393 e. The summed E-state index contributed by atoms with van der Waals surface area (Å²) < 4.78 is 36.8. The molecular formula is C8H14F3NO. The molecule has 5 heteroatoms. The molecule has 2 N–H and O–H groups in total. The summed E-state index contributed by atoms with van der Waals surface area (Å²) in [4.78, 5) is 0. The van der Waals surface area contributed by atoms with Crippen molar-refractivity contribution in [1.82, 2.24) is 5.32 Å². The van der Waals surface area contributed by atoms with E-state index in [1.165, 1.54) is 0 Å². The van der Waals surface area contributed by atoms with E-state index in [1.807, 2.05) is 6.92 Å². The Hall–Kier alpha value is -0.290. The summed E-state index contributed by atoms with van der Waals surface area (Å²) in [6.07, 6.45) is -4.25. The van der Waals surface area contributed by atoms with E-state index in [0.29, 0.717) is 12.8 Å². The summed E-state index contributed by atoms with van der Waals surface area (Å²) in [6, 6.07) is -1.75. The Morgan fingerprint density at radius 3 is 2.46 bits per heavy atom. The highest BCUT2D eigenvalue weighted by atomic mass is 19.4. The summed E-state index contributed by atoms with van der Waals surface area (Å²) in [6.45, 7) is 1.81. The van der Waals surface area contributed by atoms with E-state index < -0.39 is 18.3 Å². The van der Waals surface area contributed by atoms with Crippen LogP contribution in [0, 0.1) is 0 Å². The number of hydrogen-bond donors (Lipinski definition) is 2. The van der Waals surface area contributed by atoms with Crippen LogP contribution in [0.15, 0.2) is 0 Å². The largest absolute Gasteiger partial charge is 0.403 e. The Labute approximate surface area is 75.1 Å². The third-order valence-corrected chi connectivity index (χ3v) is 2.39. The number of rotatable bonds is 1. The normalized spacial score (nSPS) is 36.2. The molecule has 0 aromatic heterocycles. The second kappa shape index (κ2) is 3.84. The monoisotopic (exact) mass is 197 g/mol. The molecule has 0 aliphatic carbocycles. The lowest BCUT2D eigenvalue weighted by molar-refractivity contribution is -0.171. The lowest BCUT2D eigenvalue weighted by Gasteiger charge is -2.34. The first-order valence-electron chi connectivity index (χ1n) is 4.44. The zero-order chi connectivity index (χ0) is 10.1. The van der Waals surface area contributed by atoms with Gasteiger partial charge in [0, 0.05) is 6.04 Å². The maximum absolute atomic E-state index is 12.3. The summed E-state index contributed by atoms with van der Waals surface area (Å²) in [5.74, 6) is 0. The van der Waals surface area contributed by atoms with Gasteiger partial charge in [-0.1, -0.05) is 6.92 Å². The summed E-state index contributed by atoms with van der Waals surface area (Å²) >= 11 is 0. The number of nitrogens with one attached hydrogen (secondary N) is 1. The molecular weight excluding hydrogens is 183 g/mol. The molecule has 1 fully saturated rings. The van der Waals surface area contributed by atoms with Gasteiger partial charge < -0.3 is 10.4 Å². The quantitative estimate of drug-likeness (QED) is 0.666. The van der Waals surface area contributed by atoms with Gasteiger partial charge in [0.15, 0.2) is 0 Å². The first kappa shape index (κ1) is 10.8. The van der Waals surface area contributed by atoms with Crippen molar-refractivity contribution >= 4 is 0 Å². The zero-order valence-electron chi connectivity index (χ0n) is 7.43. The van der Waals surface area contributed by atoms with Crippen LogP contribution >= 0.6 is 0 Å². The van der Waals surface area contributed by atoms with Gasteiger partial charge in [0.1, 0.15) is 6.04 Å². The van der Waals surface area contributed by atoms with Crippen molar-refractivity contribution in [3.8, 4) is 0 Å². The molecule has 0 saturated carbocycles. The Balaban J connectivity index is 2.57. The Kier molecular flexibility index (Phi) is 3.18. The van der Waals surface area contributed by atoms with Gasteiger partial charge in [-0.2, -0.15) is 13.2 Å². The molecule has 1 aliphatic rings. The average molecular weight is 197 g/mol. The molecule has 78 valence electrons. The second-order valence-corrected chi connectivity index (χ2v) is 3.49. The van der Waals surface area contributed by atoms with Crippen molar-refractivity contribution in [1.29, 1.82) is 0 Å². The fourth-order valence-corrected chi connectivity index (χ4v) is 1.63. The molecule has 13 heavy (non-hydrogen) atoms. The van der Waals surface area contributed by atoms with E-state index >= 15 is 0 Å². The minimum Gasteiger partial charge on any atom is -0.393 e. The highest BCUT2D eigenvalue weighted by molar-refractivity contribution is 4.88. The van der Waals surface area contributed by atoms with Crippen LogP contribution in [0.2, 0.25) is 0 Å². The van der Waals surface area contributed by atoms with E-state index in [4.69, 9.17) is 0 Å². The Morgan fingerprint density at radius 1 is 1.38 bits per heavy atom. The van der Waals surface area contributed by atoms with Gasteiger partial charge in [-0.3, -0.25) is 0 Å². The van der Waals surface area contributed by atoms with Gasteiger partial charge in [0.25, 0.3) is 0 Å². The first-order valence-corrected chi connectivity index (χ1v) is 4.44. The van der Waals surface area contributed by atoms with Crippen LogP contribution in [-0.2, 0) is 0 Å². The molecule has 3 unspecified atom stereocenters. The van der Waals surface area contributed by atoms with Crippen LogP contribution in [-0.4, -0.2) is 29.5 Å². The maximum atomic E-state index is 12.3. The SMILES string of the molecule is CCC1CC(O)CC(C(F)(F)F)N1. The Bertz CT molecular complexity index is 171. The Morgan fingerprint density at radius 2 is 2.00 bits per heavy atom. The number of piperidine rings is 1. The van der Waals surface area contributed by atoms with E-state index in [2.05, 4.69) is 5.32 Å². The van der Waals surface area contributed by atoms with E-state index in [9.17, 15) is 18.3 Å². The highest BCUT2D eigenvalue weighted by Gasteiger charge is 2.43. The fraction of sp³-hybridized carbons (Fsp3) is 1.00. The molecule has 1 rings (SSSR count). The molecule has 0 spiro atoms. The average Bonchev–Trinajstić information content (AvgIpc) is 2.01. The summed E-state index contributed by atoms with van der Waals surface area (Å²) in [5, 5.41) is 11.7. The minimum atomic E-state index is -4.24. The van der Waals surface area contributed by atoms with Gasteiger partial charge in [-0.05, 0) is 19.3 Å². The molecule has 0 aromatic rings. The predicted molar refractivity (Wildman–Crippen MR) is 42.3 cm³/mol. The molecule has 0 radical (unpaired) electrons. The molecule has 1 heterocycles. The highest BCUT2D eigenvalue weighted by Crippen LogP contribution is 2.28. The third-order valence-electron chi connectivity index (χ3n) is 2.39. The number of aliphatic hydroxyl groups is 1. The maximum Gasteiger partial charge on any atom is 0.403 e. The van der Waals surface area contributed by atoms with Crippen LogP contribution in [0.1, 0.15) is 26.2 Å². The fourth-order valence-electron chi connectivity index (χ4n) is 1.63. The van der Waals surface area contributed by atoms with Gasteiger partial charge in [-0.15, -0.1) is 0 Å². The number of aliphatic hydroxyl groups excluding tert-OH is 1. The van der Waals surface area contributed by atoms with Crippen LogP contribution in [0.5, 0.6) is 0 Å². The van der Waals surface area contributed by atoms with Gasteiger partial charge >= 0.3 is 6.18 Å². The third kappa shape index (κ3) is 2.84. The lowest BCUT2D eigenvalue weighted by atomic mass is 9.94. The van der Waals surface area contributed by atoms with Gasteiger partial charge in [0.2, 0.25) is 0 Å². The van der Waals surface area contributed by atoms with Crippen molar-refractivity contribution in [2.75, 3.05) is 0 Å². The second-order valence-electron chi connectivity index (χ2n) is 3.49. The zero-order valence-corrected chi connectivity index (χ0v) is 7.43. The molecule has 0 amide bonds. The number of alkyl halides is 3. The molecule has 2 nitrogen and oxygen atoms in total. The standard InChI is InChI=1S/C8H14F3NO/c1-2-5-3-6(13)4-7(12-5)8(9,10)11/h5-7,12-13H,2-4H2,1H3. The van der Waals surface area contributed by atoms with Crippen LogP contribution in [0.4, 0.5) is 13.2 Å². The number of halogens is 3. The van der Waals surface area contributed by atoms with Gasteiger partial charge in [-0.25, -0.2) is 0 Å². The molecule has 3 atom stereocenters. The number of hydrogen-bond acceptors (Lipinski definition) is 2. The first-order chi connectivity index (χ1) is 5.93. The molecule has 1 aliphatic heterocycles. The van der Waals surface area contributed by atoms with E-state index in [1.54, 1.807) is 0 Å². The van der Waals surface area contributed by atoms with Gasteiger partial charge in [0.05, 0.1) is 6.10 Å². The molecule has 0 bridgehead atoms. The van der Waals surface area contributed by atoms with Crippen LogP contribution < -0.4 is 5.32 Å². The van der Waals surface area contributed by atoms with Crippen molar-refractivity contribution in [2.24, 2.45) is 0 Å². The molecule has 0 aromatic carbocycles.